The molecule has 0 saturated carbocycles. The summed E-state index contributed by atoms with van der Waals surface area (Å²) in [5.74, 6) is 1.85. The first-order chi connectivity index (χ1) is 7.22. The maximum absolute atomic E-state index is 6.16. The lowest BCUT2D eigenvalue weighted by atomic mass is 9.97. The minimum atomic E-state index is 0.278. The molecule has 1 unspecified atom stereocenters. The van der Waals surface area contributed by atoms with Crippen molar-refractivity contribution < 1.29 is 9.47 Å². The highest BCUT2D eigenvalue weighted by Crippen LogP contribution is 2.39. The van der Waals surface area contributed by atoms with Crippen LogP contribution in [0, 0.1) is 0 Å². The van der Waals surface area contributed by atoms with E-state index in [0.717, 1.165) is 28.5 Å². The smallest absolute Gasteiger partial charge is 0.231 e. The summed E-state index contributed by atoms with van der Waals surface area (Å²) in [6, 6.07) is 3.76. The molecular weight excluding hydrogens is 214 g/mol. The SMILES string of the molecule is CC(CCN)c1cc2c(cc1Cl)OCO2. The summed E-state index contributed by atoms with van der Waals surface area (Å²) in [7, 11) is 0. The van der Waals surface area contributed by atoms with Gasteiger partial charge in [-0.25, -0.2) is 0 Å². The molecule has 82 valence electrons. The second-order valence-electron chi connectivity index (χ2n) is 3.71. The summed E-state index contributed by atoms with van der Waals surface area (Å²) in [5.41, 5.74) is 6.61. The molecule has 1 aromatic carbocycles. The van der Waals surface area contributed by atoms with Gasteiger partial charge in [-0.1, -0.05) is 18.5 Å². The molecule has 0 spiro atoms. The van der Waals surface area contributed by atoms with Crippen molar-refractivity contribution in [1.29, 1.82) is 0 Å². The lowest BCUT2D eigenvalue weighted by molar-refractivity contribution is 0.174. The van der Waals surface area contributed by atoms with Gasteiger partial charge in [0.2, 0.25) is 6.79 Å². The fourth-order valence-corrected chi connectivity index (χ4v) is 2.06. The third kappa shape index (κ3) is 2.03. The van der Waals surface area contributed by atoms with Gasteiger partial charge in [-0.3, -0.25) is 0 Å². The highest BCUT2D eigenvalue weighted by molar-refractivity contribution is 6.31. The van der Waals surface area contributed by atoms with Crippen LogP contribution in [0.1, 0.15) is 24.8 Å². The standard InChI is InChI=1S/C11H14ClNO2/c1-7(2-3-13)8-4-10-11(5-9(8)12)15-6-14-10/h4-5,7H,2-3,6,13H2,1H3. The topological polar surface area (TPSA) is 44.5 Å². The van der Waals surface area contributed by atoms with Crippen LogP contribution in [-0.2, 0) is 0 Å². The van der Waals surface area contributed by atoms with Gasteiger partial charge in [0.25, 0.3) is 0 Å². The molecule has 1 aromatic rings. The van der Waals surface area contributed by atoms with E-state index in [1.165, 1.54) is 0 Å². The number of nitrogens with two attached hydrogens (primary N) is 1. The molecule has 2 N–H and O–H groups in total. The lowest BCUT2D eigenvalue weighted by Crippen LogP contribution is -2.05. The molecule has 0 amide bonds. The summed E-state index contributed by atoms with van der Waals surface area (Å²) in [6.07, 6.45) is 0.916. The average Bonchev–Trinajstić information content (AvgIpc) is 2.63. The van der Waals surface area contributed by atoms with Crippen LogP contribution in [0.4, 0.5) is 0 Å². The molecule has 0 radical (unpaired) electrons. The largest absolute Gasteiger partial charge is 0.454 e. The van der Waals surface area contributed by atoms with Crippen molar-refractivity contribution in [2.45, 2.75) is 19.3 Å². The molecule has 1 aliphatic rings. The molecule has 0 bridgehead atoms. The van der Waals surface area contributed by atoms with Gasteiger partial charge in [0.1, 0.15) is 0 Å². The minimum Gasteiger partial charge on any atom is -0.454 e. The van der Waals surface area contributed by atoms with E-state index in [9.17, 15) is 0 Å². The Bertz CT molecular complexity index is 368. The highest BCUT2D eigenvalue weighted by Gasteiger charge is 2.18. The van der Waals surface area contributed by atoms with E-state index in [2.05, 4.69) is 6.92 Å². The predicted molar refractivity (Wildman–Crippen MR) is 59.7 cm³/mol. The van der Waals surface area contributed by atoms with Crippen molar-refractivity contribution in [1.82, 2.24) is 0 Å². The molecule has 4 heteroatoms. The number of benzene rings is 1. The number of hydrogen-bond acceptors (Lipinski definition) is 3. The molecule has 15 heavy (non-hydrogen) atoms. The third-order valence-electron chi connectivity index (χ3n) is 2.62. The van der Waals surface area contributed by atoms with E-state index in [1.807, 2.05) is 12.1 Å². The zero-order valence-electron chi connectivity index (χ0n) is 8.63. The first-order valence-electron chi connectivity index (χ1n) is 5.01. The van der Waals surface area contributed by atoms with Crippen molar-refractivity contribution in [3.8, 4) is 11.5 Å². The van der Waals surface area contributed by atoms with E-state index in [4.69, 9.17) is 26.8 Å². The summed E-state index contributed by atoms with van der Waals surface area (Å²) in [6.45, 7) is 3.04. The van der Waals surface area contributed by atoms with Gasteiger partial charge in [0.15, 0.2) is 11.5 Å². The Labute approximate surface area is 94.1 Å². The highest BCUT2D eigenvalue weighted by atomic mass is 35.5. The number of hydrogen-bond donors (Lipinski definition) is 1. The molecule has 1 heterocycles. The fourth-order valence-electron chi connectivity index (χ4n) is 1.72. The van der Waals surface area contributed by atoms with Gasteiger partial charge in [-0.2, -0.15) is 0 Å². The molecule has 0 saturated heterocycles. The van der Waals surface area contributed by atoms with Gasteiger partial charge in [-0.15, -0.1) is 0 Å². The van der Waals surface area contributed by atoms with Crippen LogP contribution < -0.4 is 15.2 Å². The average molecular weight is 228 g/mol. The Kier molecular flexibility index (Phi) is 3.03. The zero-order valence-corrected chi connectivity index (χ0v) is 9.38. The second-order valence-corrected chi connectivity index (χ2v) is 4.11. The Morgan fingerprint density at radius 2 is 2.07 bits per heavy atom. The van der Waals surface area contributed by atoms with Crippen molar-refractivity contribution in [2.75, 3.05) is 13.3 Å². The van der Waals surface area contributed by atoms with Gasteiger partial charge < -0.3 is 15.2 Å². The third-order valence-corrected chi connectivity index (χ3v) is 2.95. The van der Waals surface area contributed by atoms with Crippen LogP contribution in [0.25, 0.3) is 0 Å². The Hall–Kier alpha value is -0.930. The first kappa shape index (κ1) is 10.6. The monoisotopic (exact) mass is 227 g/mol. The van der Waals surface area contributed by atoms with Gasteiger partial charge in [0, 0.05) is 11.1 Å². The second kappa shape index (κ2) is 4.29. The Balaban J connectivity index is 2.31. The molecule has 0 aliphatic carbocycles. The molecule has 1 aliphatic heterocycles. The molecule has 3 nitrogen and oxygen atoms in total. The van der Waals surface area contributed by atoms with Crippen LogP contribution in [0.5, 0.6) is 11.5 Å². The van der Waals surface area contributed by atoms with Crippen LogP contribution in [-0.4, -0.2) is 13.3 Å². The van der Waals surface area contributed by atoms with Crippen LogP contribution in [0.2, 0.25) is 5.02 Å². The van der Waals surface area contributed by atoms with Crippen LogP contribution in [0.15, 0.2) is 12.1 Å². The maximum atomic E-state index is 6.16. The Morgan fingerprint density at radius 1 is 1.40 bits per heavy atom. The number of halogens is 1. The summed E-state index contributed by atoms with van der Waals surface area (Å²) in [5, 5.41) is 0.722. The van der Waals surface area contributed by atoms with E-state index in [0.29, 0.717) is 12.5 Å². The van der Waals surface area contributed by atoms with E-state index in [1.54, 1.807) is 0 Å². The van der Waals surface area contributed by atoms with Crippen molar-refractivity contribution in [2.24, 2.45) is 5.73 Å². The van der Waals surface area contributed by atoms with Crippen molar-refractivity contribution in [3.63, 3.8) is 0 Å². The van der Waals surface area contributed by atoms with Crippen LogP contribution in [0.3, 0.4) is 0 Å². The number of rotatable bonds is 3. The molecule has 0 fully saturated rings. The van der Waals surface area contributed by atoms with Crippen LogP contribution >= 0.6 is 11.6 Å². The van der Waals surface area contributed by atoms with E-state index >= 15 is 0 Å². The summed E-state index contributed by atoms with van der Waals surface area (Å²) in [4.78, 5) is 0. The zero-order chi connectivity index (χ0) is 10.8. The summed E-state index contributed by atoms with van der Waals surface area (Å²) >= 11 is 6.16. The quantitative estimate of drug-likeness (QED) is 0.863. The van der Waals surface area contributed by atoms with Crippen molar-refractivity contribution in [3.05, 3.63) is 22.7 Å². The first-order valence-corrected chi connectivity index (χ1v) is 5.39. The molecule has 1 atom stereocenters. The number of fused-ring (bicyclic) bond motifs is 1. The normalized spacial score (nSPS) is 15.4. The maximum Gasteiger partial charge on any atom is 0.231 e. The number of ether oxygens (including phenoxy) is 2. The molecule has 2 rings (SSSR count). The van der Waals surface area contributed by atoms with Gasteiger partial charge in [0.05, 0.1) is 0 Å². The van der Waals surface area contributed by atoms with E-state index in [-0.39, 0.29) is 6.79 Å². The van der Waals surface area contributed by atoms with Gasteiger partial charge >= 0.3 is 0 Å². The Morgan fingerprint density at radius 3 is 2.73 bits per heavy atom. The molecular formula is C11H14ClNO2. The summed E-state index contributed by atoms with van der Waals surface area (Å²) < 4.78 is 10.6. The van der Waals surface area contributed by atoms with E-state index < -0.39 is 0 Å². The minimum absolute atomic E-state index is 0.278. The lowest BCUT2D eigenvalue weighted by Gasteiger charge is -2.13. The molecule has 0 aromatic heterocycles. The fraction of sp³-hybridized carbons (Fsp3) is 0.455. The van der Waals surface area contributed by atoms with Gasteiger partial charge in [-0.05, 0) is 30.5 Å². The predicted octanol–water partition coefficient (Wildman–Crippen LogP) is 2.52. The van der Waals surface area contributed by atoms with Crippen molar-refractivity contribution >= 4 is 11.6 Å².